The number of nitrogens with one attached hydrogen (secondary N) is 2. The molecule has 5 rings (SSSR count). The van der Waals surface area contributed by atoms with E-state index in [1.807, 2.05) is 46.9 Å². The molecule has 2 aromatic heterocycles. The van der Waals surface area contributed by atoms with E-state index in [1.54, 1.807) is 27.3 Å². The van der Waals surface area contributed by atoms with Crippen LogP contribution in [0, 0.1) is 0 Å². The summed E-state index contributed by atoms with van der Waals surface area (Å²) in [5, 5.41) is 10.6. The first-order valence-electron chi connectivity index (χ1n) is 12.5. The normalized spacial score (nSPS) is 17.8. The van der Waals surface area contributed by atoms with Gasteiger partial charge in [0.15, 0.2) is 0 Å². The van der Waals surface area contributed by atoms with Gasteiger partial charge in [-0.25, -0.2) is 4.98 Å². The molecule has 0 aliphatic carbocycles. The quantitative estimate of drug-likeness (QED) is 0.436. The maximum Gasteiger partial charge on any atom is 0.271 e. The monoisotopic (exact) mass is 523 g/mol. The Balaban J connectivity index is 1.34. The lowest BCUT2D eigenvalue weighted by molar-refractivity contribution is 0.0957. The van der Waals surface area contributed by atoms with Crippen molar-refractivity contribution in [3.8, 4) is 5.75 Å². The van der Waals surface area contributed by atoms with Gasteiger partial charge in [0.05, 0.1) is 24.9 Å². The summed E-state index contributed by atoms with van der Waals surface area (Å²) in [6, 6.07) is 9.85. The summed E-state index contributed by atoms with van der Waals surface area (Å²) in [4.78, 5) is 24.2. The van der Waals surface area contributed by atoms with Crippen LogP contribution in [0.15, 0.2) is 36.5 Å². The zero-order valence-corrected chi connectivity index (χ0v) is 22.3. The second kappa shape index (κ2) is 11.4. The lowest BCUT2D eigenvalue weighted by Gasteiger charge is -2.34. The summed E-state index contributed by atoms with van der Waals surface area (Å²) < 4.78 is 13.1. The van der Waals surface area contributed by atoms with E-state index < -0.39 is 0 Å². The Morgan fingerprint density at radius 2 is 2.14 bits per heavy atom. The van der Waals surface area contributed by atoms with Crippen molar-refractivity contribution in [2.45, 2.75) is 36.5 Å². The molecular formula is C26H33N7O3S. The first kappa shape index (κ1) is 25.3. The van der Waals surface area contributed by atoms with Crippen molar-refractivity contribution in [1.82, 2.24) is 25.1 Å². The molecule has 0 radical (unpaired) electrons. The van der Waals surface area contributed by atoms with Crippen LogP contribution in [-0.2, 0) is 16.2 Å². The Hall–Kier alpha value is -3.31. The Morgan fingerprint density at radius 3 is 2.95 bits per heavy atom. The summed E-state index contributed by atoms with van der Waals surface area (Å²) in [7, 11) is 4.99. The number of nitrogens with zero attached hydrogens (tertiary/aromatic N) is 5. The number of fused-ring (bicyclic) bond motifs is 1. The highest BCUT2D eigenvalue weighted by Gasteiger charge is 2.29. The van der Waals surface area contributed by atoms with Crippen LogP contribution in [-0.4, -0.2) is 66.6 Å². The molecular weight excluding hydrogens is 490 g/mol. The number of carbonyl (C=O) groups excluding carboxylic acids is 1. The predicted octanol–water partition coefficient (Wildman–Crippen LogP) is 3.43. The topological polar surface area (TPSA) is 106 Å². The molecule has 2 atom stereocenters. The number of hydrogen-bond acceptors (Lipinski definition) is 9. The molecule has 1 amide bonds. The zero-order valence-electron chi connectivity index (χ0n) is 21.4. The van der Waals surface area contributed by atoms with Gasteiger partial charge in [-0.1, -0.05) is 12.1 Å². The minimum atomic E-state index is -0.170. The van der Waals surface area contributed by atoms with E-state index >= 15 is 0 Å². The summed E-state index contributed by atoms with van der Waals surface area (Å²) >= 11 is 1.87. The first-order chi connectivity index (χ1) is 18.1. The van der Waals surface area contributed by atoms with Crippen molar-refractivity contribution in [1.29, 1.82) is 0 Å². The minimum Gasteiger partial charge on any atom is -0.497 e. The van der Waals surface area contributed by atoms with E-state index in [0.717, 1.165) is 60.3 Å². The molecule has 3 aromatic rings. The second-order valence-electron chi connectivity index (χ2n) is 9.17. The van der Waals surface area contributed by atoms with Gasteiger partial charge in [0.1, 0.15) is 17.3 Å². The van der Waals surface area contributed by atoms with Gasteiger partial charge < -0.3 is 25.0 Å². The summed E-state index contributed by atoms with van der Waals surface area (Å²) in [6.45, 7) is 2.25. The molecule has 2 unspecified atom stereocenters. The SMILES string of the molecule is CNC(=O)c1ccn(C2CCCN(c3nc(NCC(OC)c4cccc(OC)c4)nc4c3CSC4)C2)n1. The molecule has 1 saturated heterocycles. The number of aromatic nitrogens is 4. The third-order valence-corrected chi connectivity index (χ3v) is 7.86. The number of thioether (sulfide) groups is 1. The molecule has 11 heteroatoms. The summed E-state index contributed by atoms with van der Waals surface area (Å²) in [5.41, 5.74) is 3.78. The number of rotatable bonds is 9. The molecule has 1 fully saturated rings. The van der Waals surface area contributed by atoms with Gasteiger partial charge in [-0.3, -0.25) is 9.48 Å². The first-order valence-corrected chi connectivity index (χ1v) is 13.7. The van der Waals surface area contributed by atoms with Crippen molar-refractivity contribution >= 4 is 29.4 Å². The van der Waals surface area contributed by atoms with Crippen molar-refractivity contribution in [2.75, 3.05) is 51.1 Å². The Bertz CT molecular complexity index is 1250. The van der Waals surface area contributed by atoms with E-state index in [0.29, 0.717) is 18.2 Å². The highest BCUT2D eigenvalue weighted by Crippen LogP contribution is 2.37. The lowest BCUT2D eigenvalue weighted by atomic mass is 10.1. The molecule has 10 nitrogen and oxygen atoms in total. The molecule has 37 heavy (non-hydrogen) atoms. The fourth-order valence-electron chi connectivity index (χ4n) is 4.89. The van der Waals surface area contributed by atoms with Crippen LogP contribution in [0.1, 0.15) is 52.3 Å². The van der Waals surface area contributed by atoms with E-state index in [4.69, 9.17) is 19.4 Å². The fourth-order valence-corrected chi connectivity index (χ4v) is 5.93. The largest absolute Gasteiger partial charge is 0.497 e. The molecule has 4 heterocycles. The maximum absolute atomic E-state index is 12.0. The van der Waals surface area contributed by atoms with Gasteiger partial charge >= 0.3 is 0 Å². The lowest BCUT2D eigenvalue weighted by Crippen LogP contribution is -2.38. The number of hydrogen-bond donors (Lipinski definition) is 2. The Kier molecular flexibility index (Phi) is 7.80. The van der Waals surface area contributed by atoms with Crippen molar-refractivity contribution in [3.63, 3.8) is 0 Å². The Morgan fingerprint density at radius 1 is 1.24 bits per heavy atom. The molecule has 2 aliphatic rings. The van der Waals surface area contributed by atoms with Crippen LogP contribution in [0.2, 0.25) is 0 Å². The predicted molar refractivity (Wildman–Crippen MR) is 144 cm³/mol. The van der Waals surface area contributed by atoms with Gasteiger partial charge in [-0.15, -0.1) is 0 Å². The maximum atomic E-state index is 12.0. The number of methoxy groups -OCH3 is 2. The molecule has 0 saturated carbocycles. The third-order valence-electron chi connectivity index (χ3n) is 6.89. The van der Waals surface area contributed by atoms with Crippen LogP contribution < -0.4 is 20.3 Å². The minimum absolute atomic E-state index is 0.168. The number of carbonyl (C=O) groups is 1. The van der Waals surface area contributed by atoms with Gasteiger partial charge in [0.2, 0.25) is 5.95 Å². The van der Waals surface area contributed by atoms with E-state index in [9.17, 15) is 4.79 Å². The standard InChI is InChI=1S/C26H33N7O3S/c1-27-25(34)21-9-11-33(31-21)18-7-5-10-32(14-18)24-20-15-37-16-22(20)29-26(30-24)28-13-23(36-3)17-6-4-8-19(12-17)35-2/h4,6,8-9,11-12,18,23H,5,7,10,13-16H2,1-3H3,(H,27,34)(H,28,29,30). The fraction of sp³-hybridized carbons (Fsp3) is 0.462. The van der Waals surface area contributed by atoms with Crippen molar-refractivity contribution < 1.29 is 14.3 Å². The second-order valence-corrected chi connectivity index (χ2v) is 10.2. The summed E-state index contributed by atoms with van der Waals surface area (Å²) in [5.74, 6) is 4.04. The molecule has 0 bridgehead atoms. The van der Waals surface area contributed by atoms with E-state index in [-0.39, 0.29) is 18.1 Å². The van der Waals surface area contributed by atoms with Crippen LogP contribution >= 0.6 is 11.8 Å². The Labute approximate surface area is 221 Å². The third kappa shape index (κ3) is 5.52. The van der Waals surface area contributed by atoms with Crippen LogP contribution in [0.4, 0.5) is 11.8 Å². The number of ether oxygens (including phenoxy) is 2. The number of piperidine rings is 1. The van der Waals surface area contributed by atoms with Crippen molar-refractivity contribution in [3.05, 3.63) is 59.0 Å². The number of amides is 1. The molecule has 196 valence electrons. The molecule has 2 N–H and O–H groups in total. The highest BCUT2D eigenvalue weighted by molar-refractivity contribution is 7.98. The molecule has 0 spiro atoms. The van der Waals surface area contributed by atoms with Gasteiger partial charge in [0, 0.05) is 57.1 Å². The van der Waals surface area contributed by atoms with Crippen molar-refractivity contribution in [2.24, 2.45) is 0 Å². The van der Waals surface area contributed by atoms with Crippen LogP contribution in [0.25, 0.3) is 0 Å². The zero-order chi connectivity index (χ0) is 25.8. The number of benzene rings is 1. The van der Waals surface area contributed by atoms with E-state index in [1.165, 1.54) is 5.56 Å². The molecule has 2 aliphatic heterocycles. The molecule has 1 aromatic carbocycles. The average Bonchev–Trinajstić information content (AvgIpc) is 3.63. The number of anilines is 2. The van der Waals surface area contributed by atoms with Gasteiger partial charge in [-0.2, -0.15) is 21.8 Å². The van der Waals surface area contributed by atoms with E-state index in [2.05, 4.69) is 20.6 Å². The van der Waals surface area contributed by atoms with Gasteiger partial charge in [-0.05, 0) is 36.6 Å². The smallest absolute Gasteiger partial charge is 0.271 e. The van der Waals surface area contributed by atoms with Gasteiger partial charge in [0.25, 0.3) is 5.91 Å². The highest BCUT2D eigenvalue weighted by atomic mass is 32.2. The van der Waals surface area contributed by atoms with Crippen LogP contribution in [0.5, 0.6) is 5.75 Å². The average molecular weight is 524 g/mol. The summed E-state index contributed by atoms with van der Waals surface area (Å²) in [6.07, 6.45) is 3.76. The van der Waals surface area contributed by atoms with Crippen LogP contribution in [0.3, 0.4) is 0 Å².